The van der Waals surface area contributed by atoms with Crippen LogP contribution in [0.1, 0.15) is 30.6 Å². The number of carboxylic acids is 1. The maximum absolute atomic E-state index is 12.2. The van der Waals surface area contributed by atoms with Crippen LogP contribution < -0.4 is 16.4 Å². The highest BCUT2D eigenvalue weighted by Gasteiger charge is 2.25. The Bertz CT molecular complexity index is 545. The zero-order valence-electron chi connectivity index (χ0n) is 11.9. The SMILES string of the molecule is CCC(C)C(NC(N)=O)C(=O)Nc1cccc(C(=O)O)c1. The first-order valence-electron chi connectivity index (χ1n) is 6.55. The first-order valence-corrected chi connectivity index (χ1v) is 6.55. The molecule has 3 amide bonds. The van der Waals surface area contributed by atoms with Crippen molar-refractivity contribution in [3.05, 3.63) is 29.8 Å². The summed E-state index contributed by atoms with van der Waals surface area (Å²) in [5.74, 6) is -1.63. The van der Waals surface area contributed by atoms with Crippen molar-refractivity contribution in [1.29, 1.82) is 0 Å². The predicted octanol–water partition coefficient (Wildman–Crippen LogP) is 1.41. The molecular weight excluding hydrogens is 274 g/mol. The average molecular weight is 293 g/mol. The Morgan fingerprint density at radius 1 is 1.33 bits per heavy atom. The van der Waals surface area contributed by atoms with Crippen LogP contribution in [0.25, 0.3) is 0 Å². The number of primary amides is 1. The Hall–Kier alpha value is -2.57. The minimum Gasteiger partial charge on any atom is -0.478 e. The third kappa shape index (κ3) is 4.79. The lowest BCUT2D eigenvalue weighted by molar-refractivity contribution is -0.119. The summed E-state index contributed by atoms with van der Waals surface area (Å²) in [6.07, 6.45) is 0.674. The number of anilines is 1. The van der Waals surface area contributed by atoms with Crippen molar-refractivity contribution in [2.75, 3.05) is 5.32 Å². The number of rotatable bonds is 6. The van der Waals surface area contributed by atoms with E-state index in [2.05, 4.69) is 10.6 Å². The van der Waals surface area contributed by atoms with Crippen molar-refractivity contribution >= 4 is 23.6 Å². The minimum atomic E-state index is -1.08. The number of aromatic carboxylic acids is 1. The fraction of sp³-hybridized carbons (Fsp3) is 0.357. The van der Waals surface area contributed by atoms with Gasteiger partial charge in [-0.25, -0.2) is 9.59 Å². The minimum absolute atomic E-state index is 0.0655. The number of urea groups is 1. The Balaban J connectivity index is 2.88. The van der Waals surface area contributed by atoms with Crippen LogP contribution in [0.3, 0.4) is 0 Å². The molecule has 0 bridgehead atoms. The highest BCUT2D eigenvalue weighted by Crippen LogP contribution is 2.14. The van der Waals surface area contributed by atoms with E-state index >= 15 is 0 Å². The molecule has 114 valence electrons. The Morgan fingerprint density at radius 3 is 2.52 bits per heavy atom. The van der Waals surface area contributed by atoms with Crippen LogP contribution >= 0.6 is 0 Å². The molecule has 7 heteroatoms. The summed E-state index contributed by atoms with van der Waals surface area (Å²) in [4.78, 5) is 34.1. The molecule has 5 N–H and O–H groups in total. The maximum Gasteiger partial charge on any atom is 0.335 e. The number of carbonyl (C=O) groups is 3. The molecular formula is C14H19N3O4. The monoisotopic (exact) mass is 293 g/mol. The quantitative estimate of drug-likeness (QED) is 0.633. The molecule has 0 aliphatic rings. The van der Waals surface area contributed by atoms with Gasteiger partial charge in [-0.3, -0.25) is 4.79 Å². The van der Waals surface area contributed by atoms with Crippen molar-refractivity contribution in [1.82, 2.24) is 5.32 Å². The topological polar surface area (TPSA) is 122 Å². The Kier molecular flexibility index (Phi) is 5.71. The van der Waals surface area contributed by atoms with Crippen LogP contribution in [0.2, 0.25) is 0 Å². The van der Waals surface area contributed by atoms with Gasteiger partial charge in [0, 0.05) is 5.69 Å². The van der Waals surface area contributed by atoms with Crippen LogP contribution in [-0.4, -0.2) is 29.1 Å². The van der Waals surface area contributed by atoms with Crippen molar-refractivity contribution < 1.29 is 19.5 Å². The number of amides is 3. The van der Waals surface area contributed by atoms with Crippen molar-refractivity contribution in [3.63, 3.8) is 0 Å². The molecule has 0 saturated heterocycles. The van der Waals surface area contributed by atoms with Gasteiger partial charge in [0.25, 0.3) is 0 Å². The highest BCUT2D eigenvalue weighted by molar-refractivity contribution is 5.98. The Morgan fingerprint density at radius 2 is 2.00 bits per heavy atom. The van der Waals surface area contributed by atoms with Crippen LogP contribution in [0, 0.1) is 5.92 Å². The Labute approximate surface area is 122 Å². The van der Waals surface area contributed by atoms with E-state index in [4.69, 9.17) is 10.8 Å². The molecule has 0 heterocycles. The fourth-order valence-corrected chi connectivity index (χ4v) is 1.81. The van der Waals surface area contributed by atoms with E-state index in [1.807, 2.05) is 13.8 Å². The second kappa shape index (κ2) is 7.28. The highest BCUT2D eigenvalue weighted by atomic mass is 16.4. The summed E-state index contributed by atoms with van der Waals surface area (Å²) in [5, 5.41) is 13.9. The van der Waals surface area contributed by atoms with Crippen LogP contribution in [0.4, 0.5) is 10.5 Å². The van der Waals surface area contributed by atoms with Gasteiger partial charge in [0.1, 0.15) is 6.04 Å². The summed E-state index contributed by atoms with van der Waals surface area (Å²) >= 11 is 0. The number of carbonyl (C=O) groups excluding carboxylic acids is 2. The summed E-state index contributed by atoms with van der Waals surface area (Å²) in [5.41, 5.74) is 5.49. The average Bonchev–Trinajstić information content (AvgIpc) is 2.43. The molecule has 7 nitrogen and oxygen atoms in total. The van der Waals surface area contributed by atoms with Crippen LogP contribution in [0.15, 0.2) is 24.3 Å². The number of benzene rings is 1. The van der Waals surface area contributed by atoms with Crippen molar-refractivity contribution in [2.24, 2.45) is 11.7 Å². The third-order valence-corrected chi connectivity index (χ3v) is 3.17. The van der Waals surface area contributed by atoms with Gasteiger partial charge in [0.05, 0.1) is 5.56 Å². The van der Waals surface area contributed by atoms with E-state index in [1.165, 1.54) is 18.2 Å². The zero-order chi connectivity index (χ0) is 16.0. The van der Waals surface area contributed by atoms with Gasteiger partial charge in [-0.1, -0.05) is 26.3 Å². The standard InChI is InChI=1S/C14H19N3O4/c1-3-8(2)11(17-14(15)21)12(18)16-10-6-4-5-9(7-10)13(19)20/h4-8,11H,3H2,1-2H3,(H,16,18)(H,19,20)(H3,15,17,21). The molecule has 2 atom stereocenters. The molecule has 21 heavy (non-hydrogen) atoms. The first kappa shape index (κ1) is 16.5. The third-order valence-electron chi connectivity index (χ3n) is 3.17. The molecule has 1 aromatic rings. The second-order valence-electron chi connectivity index (χ2n) is 4.75. The number of nitrogens with one attached hydrogen (secondary N) is 2. The lowest BCUT2D eigenvalue weighted by Crippen LogP contribution is -2.49. The predicted molar refractivity (Wildman–Crippen MR) is 78.0 cm³/mol. The second-order valence-corrected chi connectivity index (χ2v) is 4.75. The molecule has 1 rings (SSSR count). The number of hydrogen-bond acceptors (Lipinski definition) is 3. The van der Waals surface area contributed by atoms with E-state index in [0.29, 0.717) is 12.1 Å². The van der Waals surface area contributed by atoms with E-state index in [-0.39, 0.29) is 11.5 Å². The van der Waals surface area contributed by atoms with Gasteiger partial charge in [0.15, 0.2) is 0 Å². The molecule has 0 aliphatic carbocycles. The van der Waals surface area contributed by atoms with Gasteiger partial charge in [0.2, 0.25) is 5.91 Å². The summed E-state index contributed by atoms with van der Waals surface area (Å²) in [7, 11) is 0. The van der Waals surface area contributed by atoms with Gasteiger partial charge < -0.3 is 21.5 Å². The molecule has 0 aromatic heterocycles. The number of hydrogen-bond donors (Lipinski definition) is 4. The van der Waals surface area contributed by atoms with Gasteiger partial charge in [-0.2, -0.15) is 0 Å². The smallest absolute Gasteiger partial charge is 0.335 e. The van der Waals surface area contributed by atoms with Crippen LogP contribution in [0.5, 0.6) is 0 Å². The lowest BCUT2D eigenvalue weighted by Gasteiger charge is -2.22. The number of nitrogens with two attached hydrogens (primary N) is 1. The molecule has 2 unspecified atom stereocenters. The van der Waals surface area contributed by atoms with Crippen molar-refractivity contribution in [3.8, 4) is 0 Å². The van der Waals surface area contributed by atoms with Gasteiger partial charge >= 0.3 is 12.0 Å². The molecule has 1 aromatic carbocycles. The summed E-state index contributed by atoms with van der Waals surface area (Å²) in [6.45, 7) is 3.70. The van der Waals surface area contributed by atoms with E-state index in [9.17, 15) is 14.4 Å². The van der Waals surface area contributed by atoms with Gasteiger partial charge in [-0.05, 0) is 24.1 Å². The molecule has 0 fully saturated rings. The lowest BCUT2D eigenvalue weighted by atomic mass is 9.98. The van der Waals surface area contributed by atoms with Crippen LogP contribution in [-0.2, 0) is 4.79 Å². The normalized spacial score (nSPS) is 13.0. The largest absolute Gasteiger partial charge is 0.478 e. The van der Waals surface area contributed by atoms with E-state index < -0.39 is 23.9 Å². The summed E-state index contributed by atoms with van der Waals surface area (Å²) in [6, 6.07) is 4.31. The van der Waals surface area contributed by atoms with E-state index in [1.54, 1.807) is 6.07 Å². The maximum atomic E-state index is 12.2. The fourth-order valence-electron chi connectivity index (χ4n) is 1.81. The molecule has 0 spiro atoms. The molecule has 0 aliphatic heterocycles. The summed E-state index contributed by atoms with van der Waals surface area (Å²) < 4.78 is 0. The first-order chi connectivity index (χ1) is 9.85. The van der Waals surface area contributed by atoms with E-state index in [0.717, 1.165) is 0 Å². The van der Waals surface area contributed by atoms with Crippen molar-refractivity contribution in [2.45, 2.75) is 26.3 Å². The molecule has 0 saturated carbocycles. The van der Waals surface area contributed by atoms with Gasteiger partial charge in [-0.15, -0.1) is 0 Å². The molecule has 0 radical (unpaired) electrons. The number of carboxylic acid groups (broad SMARTS) is 1. The zero-order valence-corrected chi connectivity index (χ0v) is 11.9.